The van der Waals surface area contributed by atoms with Crippen LogP contribution in [0.3, 0.4) is 0 Å². The lowest BCUT2D eigenvalue weighted by Crippen LogP contribution is -2.34. The van der Waals surface area contributed by atoms with Gasteiger partial charge in [-0.2, -0.15) is 0 Å². The first-order chi connectivity index (χ1) is 10.8. The van der Waals surface area contributed by atoms with Crippen molar-refractivity contribution in [1.82, 2.24) is 10.0 Å². The zero-order valence-corrected chi connectivity index (χ0v) is 14.2. The molecule has 1 aromatic carbocycles. The van der Waals surface area contributed by atoms with Crippen LogP contribution in [-0.2, 0) is 10.0 Å². The fourth-order valence-corrected chi connectivity index (χ4v) is 2.67. The molecule has 0 unspecified atom stereocenters. The number of sulfonamides is 1. The van der Waals surface area contributed by atoms with Crippen molar-refractivity contribution in [2.45, 2.75) is 13.8 Å². The van der Waals surface area contributed by atoms with Gasteiger partial charge in [-0.3, -0.25) is 4.79 Å². The molecule has 7 heteroatoms. The number of aryl methyl sites for hydroxylation is 1. The minimum atomic E-state index is -3.26. The van der Waals surface area contributed by atoms with Gasteiger partial charge in [0, 0.05) is 24.2 Å². The summed E-state index contributed by atoms with van der Waals surface area (Å²) >= 11 is 0. The molecule has 1 amide bonds. The Hall–Kier alpha value is -2.12. The maximum Gasteiger partial charge on any atom is 0.255 e. The Balaban J connectivity index is 2.17. The number of nitrogens with one attached hydrogen (secondary N) is 2. The molecule has 6 nitrogen and oxygen atoms in total. The van der Waals surface area contributed by atoms with Crippen molar-refractivity contribution >= 4 is 15.9 Å². The molecule has 0 saturated heterocycles. The van der Waals surface area contributed by atoms with Crippen LogP contribution in [0.1, 0.15) is 21.7 Å². The number of carbonyl (C=O) groups is 1. The second-order valence-corrected chi connectivity index (χ2v) is 7.11. The topological polar surface area (TPSA) is 88.4 Å². The maximum absolute atomic E-state index is 12.4. The second kappa shape index (κ2) is 6.97. The molecule has 0 aliphatic heterocycles. The molecule has 0 bridgehead atoms. The maximum atomic E-state index is 12.4. The number of hydrogen-bond donors (Lipinski definition) is 2. The molecule has 23 heavy (non-hydrogen) atoms. The first-order valence-corrected chi connectivity index (χ1v) is 9.07. The molecule has 0 saturated carbocycles. The van der Waals surface area contributed by atoms with Gasteiger partial charge in [0.15, 0.2) is 0 Å². The standard InChI is InChI=1S/C16H20N2O4S/c1-11-12(2)22-15(13-7-5-4-6-8-13)14(11)16(19)17-9-10-18-23(3,20)21/h4-8,18H,9-10H2,1-3H3,(H,17,19). The molecule has 2 N–H and O–H groups in total. The Bertz CT molecular complexity index is 795. The number of benzene rings is 1. The molecule has 1 heterocycles. The van der Waals surface area contributed by atoms with Crippen LogP contribution < -0.4 is 10.0 Å². The van der Waals surface area contributed by atoms with Gasteiger partial charge in [0.2, 0.25) is 10.0 Å². The van der Waals surface area contributed by atoms with E-state index in [0.717, 1.165) is 17.4 Å². The zero-order chi connectivity index (χ0) is 17.0. The molecule has 0 spiro atoms. The van der Waals surface area contributed by atoms with Crippen LogP contribution in [0.2, 0.25) is 0 Å². The average molecular weight is 336 g/mol. The van der Waals surface area contributed by atoms with Crippen LogP contribution in [0.4, 0.5) is 0 Å². The van der Waals surface area contributed by atoms with E-state index in [4.69, 9.17) is 4.42 Å². The van der Waals surface area contributed by atoms with Crippen LogP contribution in [0.15, 0.2) is 34.7 Å². The fourth-order valence-electron chi connectivity index (χ4n) is 2.19. The zero-order valence-electron chi connectivity index (χ0n) is 13.3. The van der Waals surface area contributed by atoms with Crippen molar-refractivity contribution in [3.63, 3.8) is 0 Å². The number of carbonyl (C=O) groups excluding carboxylic acids is 1. The Morgan fingerprint density at radius 1 is 1.13 bits per heavy atom. The molecule has 124 valence electrons. The molecular weight excluding hydrogens is 316 g/mol. The van der Waals surface area contributed by atoms with E-state index in [1.807, 2.05) is 44.2 Å². The summed E-state index contributed by atoms with van der Waals surface area (Å²) in [5.74, 6) is 0.922. The molecular formula is C16H20N2O4S. The van der Waals surface area contributed by atoms with Crippen LogP contribution in [0, 0.1) is 13.8 Å². The van der Waals surface area contributed by atoms with Gasteiger partial charge in [0.1, 0.15) is 11.5 Å². The second-order valence-electron chi connectivity index (χ2n) is 5.28. The average Bonchev–Trinajstić information content (AvgIpc) is 2.79. The quantitative estimate of drug-likeness (QED) is 0.788. The van der Waals surface area contributed by atoms with E-state index in [9.17, 15) is 13.2 Å². The van der Waals surface area contributed by atoms with E-state index in [-0.39, 0.29) is 19.0 Å². The summed E-state index contributed by atoms with van der Waals surface area (Å²) in [6.45, 7) is 3.98. The van der Waals surface area contributed by atoms with Gasteiger partial charge in [-0.1, -0.05) is 30.3 Å². The van der Waals surface area contributed by atoms with Crippen molar-refractivity contribution in [3.8, 4) is 11.3 Å². The predicted molar refractivity (Wildman–Crippen MR) is 88.8 cm³/mol. The number of amides is 1. The molecule has 1 aromatic heterocycles. The molecule has 0 aliphatic rings. The smallest absolute Gasteiger partial charge is 0.255 e. The fraction of sp³-hybridized carbons (Fsp3) is 0.312. The number of furan rings is 1. The molecule has 0 radical (unpaired) electrons. The highest BCUT2D eigenvalue weighted by Gasteiger charge is 2.22. The van der Waals surface area contributed by atoms with Gasteiger partial charge >= 0.3 is 0 Å². The van der Waals surface area contributed by atoms with Crippen LogP contribution in [0.5, 0.6) is 0 Å². The van der Waals surface area contributed by atoms with Crippen molar-refractivity contribution in [2.24, 2.45) is 0 Å². The first-order valence-electron chi connectivity index (χ1n) is 7.18. The van der Waals surface area contributed by atoms with Crippen LogP contribution >= 0.6 is 0 Å². The van der Waals surface area contributed by atoms with Gasteiger partial charge in [-0.05, 0) is 13.8 Å². The summed E-state index contributed by atoms with van der Waals surface area (Å²) in [5, 5.41) is 2.71. The van der Waals surface area contributed by atoms with Crippen LogP contribution in [0.25, 0.3) is 11.3 Å². The summed E-state index contributed by atoms with van der Waals surface area (Å²) < 4.78 is 30.1. The largest absolute Gasteiger partial charge is 0.460 e. The van der Waals surface area contributed by atoms with Gasteiger partial charge < -0.3 is 9.73 Å². The van der Waals surface area contributed by atoms with Gasteiger partial charge in [0.25, 0.3) is 5.91 Å². The van der Waals surface area contributed by atoms with E-state index in [1.165, 1.54) is 0 Å². The Kier molecular flexibility index (Phi) is 5.23. The lowest BCUT2D eigenvalue weighted by atomic mass is 10.0. The third-order valence-electron chi connectivity index (χ3n) is 3.42. The minimum absolute atomic E-state index is 0.140. The van der Waals surface area contributed by atoms with E-state index in [0.29, 0.717) is 17.1 Å². The van der Waals surface area contributed by atoms with E-state index >= 15 is 0 Å². The summed E-state index contributed by atoms with van der Waals surface area (Å²) in [5.41, 5.74) is 2.08. The lowest BCUT2D eigenvalue weighted by molar-refractivity contribution is 0.0954. The van der Waals surface area contributed by atoms with Gasteiger partial charge in [-0.15, -0.1) is 0 Å². The normalized spacial score (nSPS) is 11.4. The van der Waals surface area contributed by atoms with Crippen molar-refractivity contribution in [2.75, 3.05) is 19.3 Å². The molecule has 2 aromatic rings. The van der Waals surface area contributed by atoms with E-state index < -0.39 is 10.0 Å². The number of hydrogen-bond acceptors (Lipinski definition) is 4. The van der Waals surface area contributed by atoms with Gasteiger partial charge in [0.05, 0.1) is 11.8 Å². The summed E-state index contributed by atoms with van der Waals surface area (Å²) in [4.78, 5) is 12.4. The van der Waals surface area contributed by atoms with E-state index in [1.54, 1.807) is 0 Å². The summed E-state index contributed by atoms with van der Waals surface area (Å²) in [7, 11) is -3.26. The van der Waals surface area contributed by atoms with Crippen molar-refractivity contribution in [3.05, 3.63) is 47.2 Å². The highest BCUT2D eigenvalue weighted by Crippen LogP contribution is 2.30. The predicted octanol–water partition coefficient (Wildman–Crippen LogP) is 1.84. The third-order valence-corrected chi connectivity index (χ3v) is 4.15. The molecule has 0 fully saturated rings. The SMILES string of the molecule is Cc1oc(-c2ccccc2)c(C(=O)NCCNS(C)(=O)=O)c1C. The van der Waals surface area contributed by atoms with Gasteiger partial charge in [-0.25, -0.2) is 13.1 Å². The lowest BCUT2D eigenvalue weighted by Gasteiger charge is -2.07. The minimum Gasteiger partial charge on any atom is -0.460 e. The van der Waals surface area contributed by atoms with Crippen molar-refractivity contribution in [1.29, 1.82) is 0 Å². The van der Waals surface area contributed by atoms with Crippen LogP contribution in [-0.4, -0.2) is 33.7 Å². The van der Waals surface area contributed by atoms with Crippen molar-refractivity contribution < 1.29 is 17.6 Å². The Labute approximate surface area is 135 Å². The highest BCUT2D eigenvalue weighted by molar-refractivity contribution is 7.88. The summed E-state index contributed by atoms with van der Waals surface area (Å²) in [6, 6.07) is 9.39. The Morgan fingerprint density at radius 2 is 1.78 bits per heavy atom. The highest BCUT2D eigenvalue weighted by atomic mass is 32.2. The summed E-state index contributed by atoms with van der Waals surface area (Å²) in [6.07, 6.45) is 1.08. The Morgan fingerprint density at radius 3 is 2.39 bits per heavy atom. The first kappa shape index (κ1) is 17.2. The molecule has 2 rings (SSSR count). The van der Waals surface area contributed by atoms with E-state index in [2.05, 4.69) is 10.0 Å². The molecule has 0 aliphatic carbocycles. The molecule has 0 atom stereocenters. The monoisotopic (exact) mass is 336 g/mol. The third kappa shape index (κ3) is 4.43. The number of rotatable bonds is 6.